The maximum absolute atomic E-state index is 10.6. The molecule has 0 heterocycles. The van der Waals surface area contributed by atoms with Crippen molar-refractivity contribution in [2.45, 2.75) is 64.9 Å². The Bertz CT molecular complexity index is 610. The molecule has 133 valence electrons. The van der Waals surface area contributed by atoms with Gasteiger partial charge in [0.25, 0.3) is 0 Å². The molecule has 0 amide bonds. The quantitative estimate of drug-likeness (QED) is 0.694. The highest BCUT2D eigenvalue weighted by Gasteiger charge is 2.58. The Morgan fingerprint density at radius 2 is 1.80 bits per heavy atom. The number of hydrogen-bond donors (Lipinski definition) is 1. The molecule has 0 aromatic heterocycles. The molecule has 3 saturated carbocycles. The average Bonchev–Trinajstić information content (AvgIpc) is 3.23. The van der Waals surface area contributed by atoms with E-state index in [1.165, 1.54) is 50.0 Å². The standard InChI is InChI=1S/C24H31O/c1-23-13-11-17(16-5-3-4-6-16)15-18(23)7-8-19-20-9-10-22(25)24(20,2)14-12-21(19)23/h3-7,15,19-22,25H,8-14H2,1-2H3/t19-,20-,21-,22-,23-,24-/m0/s1. The van der Waals surface area contributed by atoms with E-state index in [2.05, 4.69) is 51.7 Å². The number of fused-ring (bicyclic) bond motifs is 5. The van der Waals surface area contributed by atoms with Gasteiger partial charge in [-0.2, -0.15) is 0 Å². The van der Waals surface area contributed by atoms with Gasteiger partial charge in [0.1, 0.15) is 0 Å². The van der Waals surface area contributed by atoms with E-state index in [0.29, 0.717) is 5.41 Å². The molecule has 0 aliphatic heterocycles. The molecule has 0 spiro atoms. The number of aliphatic hydroxyl groups excluding tert-OH is 1. The lowest BCUT2D eigenvalue weighted by atomic mass is 9.48. The third-order valence-electron chi connectivity index (χ3n) is 8.75. The van der Waals surface area contributed by atoms with E-state index in [9.17, 15) is 5.11 Å². The van der Waals surface area contributed by atoms with E-state index >= 15 is 0 Å². The second-order valence-corrected chi connectivity index (χ2v) is 9.67. The van der Waals surface area contributed by atoms with Crippen molar-refractivity contribution in [3.63, 3.8) is 0 Å². The first-order chi connectivity index (χ1) is 12.0. The minimum atomic E-state index is -0.0631. The van der Waals surface area contributed by atoms with Gasteiger partial charge in [0, 0.05) is 5.92 Å². The van der Waals surface area contributed by atoms with Crippen LogP contribution in [0.1, 0.15) is 58.8 Å². The number of aliphatic hydroxyl groups is 1. The SMILES string of the molecule is C[C@]12CC[C@H]3[C@@H](CC=C4C=C([C]5[CH][CH][CH][CH]5)CC[C@@]43C)[C@@H]1CC[C@@H]2O. The van der Waals surface area contributed by atoms with E-state index in [1.54, 1.807) is 5.57 Å². The lowest BCUT2D eigenvalue weighted by Crippen LogP contribution is -2.50. The molecule has 1 N–H and O–H groups in total. The molecule has 0 unspecified atom stereocenters. The van der Waals surface area contributed by atoms with Gasteiger partial charge in [0.2, 0.25) is 0 Å². The zero-order valence-electron chi connectivity index (χ0n) is 15.7. The van der Waals surface area contributed by atoms with Crippen LogP contribution in [0.25, 0.3) is 0 Å². The molecule has 1 heteroatoms. The fourth-order valence-corrected chi connectivity index (χ4v) is 7.11. The Balaban J connectivity index is 1.46. The lowest BCUT2D eigenvalue weighted by Gasteiger charge is -2.56. The van der Waals surface area contributed by atoms with Crippen molar-refractivity contribution in [1.82, 2.24) is 0 Å². The molecule has 3 fully saturated rings. The van der Waals surface area contributed by atoms with Crippen LogP contribution in [0.15, 0.2) is 23.3 Å². The summed E-state index contributed by atoms with van der Waals surface area (Å²) in [5, 5.41) is 10.6. The zero-order valence-corrected chi connectivity index (χ0v) is 15.7. The van der Waals surface area contributed by atoms with Crippen LogP contribution in [0, 0.1) is 60.2 Å². The van der Waals surface area contributed by atoms with Crippen molar-refractivity contribution in [2.24, 2.45) is 28.6 Å². The van der Waals surface area contributed by atoms with Crippen molar-refractivity contribution in [2.75, 3.05) is 0 Å². The number of hydrogen-bond acceptors (Lipinski definition) is 1. The maximum Gasteiger partial charge on any atom is 0.0596 e. The highest BCUT2D eigenvalue weighted by atomic mass is 16.3. The molecule has 5 radical (unpaired) electrons. The minimum absolute atomic E-state index is 0.0631. The Hall–Kier alpha value is -0.560. The topological polar surface area (TPSA) is 20.2 Å². The van der Waals surface area contributed by atoms with Gasteiger partial charge in [-0.1, -0.05) is 31.6 Å². The van der Waals surface area contributed by atoms with E-state index in [4.69, 9.17) is 0 Å². The van der Waals surface area contributed by atoms with Gasteiger partial charge in [-0.15, -0.1) is 0 Å². The zero-order chi connectivity index (χ0) is 17.2. The first-order valence-electron chi connectivity index (χ1n) is 10.3. The molecule has 1 nitrogen and oxygen atoms in total. The van der Waals surface area contributed by atoms with Crippen molar-refractivity contribution >= 4 is 0 Å². The molecule has 5 aliphatic rings. The minimum Gasteiger partial charge on any atom is -0.393 e. The molecule has 5 rings (SSSR count). The van der Waals surface area contributed by atoms with Crippen LogP contribution >= 0.6 is 0 Å². The van der Waals surface area contributed by atoms with Crippen LogP contribution in [0.2, 0.25) is 0 Å². The summed E-state index contributed by atoms with van der Waals surface area (Å²) in [7, 11) is 0. The van der Waals surface area contributed by atoms with Gasteiger partial charge in [-0.3, -0.25) is 0 Å². The number of rotatable bonds is 1. The first kappa shape index (κ1) is 16.6. The molecule has 5 aliphatic carbocycles. The predicted octanol–water partition coefficient (Wildman–Crippen LogP) is 5.25. The number of allylic oxidation sites excluding steroid dienone is 4. The van der Waals surface area contributed by atoms with Gasteiger partial charge >= 0.3 is 0 Å². The molecular weight excluding hydrogens is 304 g/mol. The molecular formula is C24H31O. The molecule has 0 saturated heterocycles. The van der Waals surface area contributed by atoms with Crippen molar-refractivity contribution in [3.8, 4) is 0 Å². The van der Waals surface area contributed by atoms with Gasteiger partial charge in [0.05, 0.1) is 6.10 Å². The van der Waals surface area contributed by atoms with Crippen molar-refractivity contribution < 1.29 is 5.11 Å². The Kier molecular flexibility index (Phi) is 3.80. The van der Waals surface area contributed by atoms with Crippen LogP contribution in [-0.2, 0) is 0 Å². The average molecular weight is 336 g/mol. The highest BCUT2D eigenvalue weighted by molar-refractivity contribution is 5.52. The van der Waals surface area contributed by atoms with Gasteiger partial charge in [0.15, 0.2) is 0 Å². The summed E-state index contributed by atoms with van der Waals surface area (Å²) < 4.78 is 0. The lowest BCUT2D eigenvalue weighted by molar-refractivity contribution is -0.0626. The monoisotopic (exact) mass is 335 g/mol. The third-order valence-corrected chi connectivity index (χ3v) is 8.75. The maximum atomic E-state index is 10.6. The van der Waals surface area contributed by atoms with Gasteiger partial charge in [-0.25, -0.2) is 0 Å². The summed E-state index contributed by atoms with van der Waals surface area (Å²) in [5.41, 5.74) is 3.68. The van der Waals surface area contributed by atoms with Gasteiger partial charge in [-0.05, 0) is 105 Å². The Morgan fingerprint density at radius 1 is 1.00 bits per heavy atom. The highest BCUT2D eigenvalue weighted by Crippen LogP contribution is 2.64. The van der Waals surface area contributed by atoms with Gasteiger partial charge < -0.3 is 5.11 Å². The smallest absolute Gasteiger partial charge is 0.0596 e. The first-order valence-corrected chi connectivity index (χ1v) is 10.3. The largest absolute Gasteiger partial charge is 0.393 e. The summed E-state index contributed by atoms with van der Waals surface area (Å²) in [6.07, 6.45) is 22.4. The second kappa shape index (κ2) is 5.72. The Labute approximate surface area is 154 Å². The van der Waals surface area contributed by atoms with Crippen molar-refractivity contribution in [1.29, 1.82) is 0 Å². The molecule has 0 aromatic carbocycles. The van der Waals surface area contributed by atoms with Crippen LogP contribution in [-0.4, -0.2) is 11.2 Å². The fourth-order valence-electron chi connectivity index (χ4n) is 7.11. The summed E-state index contributed by atoms with van der Waals surface area (Å²) in [6, 6.07) is 0. The normalized spacial score (nSPS) is 49.9. The third kappa shape index (κ3) is 2.30. The van der Waals surface area contributed by atoms with E-state index in [0.717, 1.165) is 24.2 Å². The van der Waals surface area contributed by atoms with E-state index in [-0.39, 0.29) is 11.5 Å². The van der Waals surface area contributed by atoms with Crippen molar-refractivity contribution in [3.05, 3.63) is 54.9 Å². The van der Waals surface area contributed by atoms with Crippen LogP contribution in [0.4, 0.5) is 0 Å². The molecule has 25 heavy (non-hydrogen) atoms. The van der Waals surface area contributed by atoms with Crippen LogP contribution in [0.5, 0.6) is 0 Å². The summed E-state index contributed by atoms with van der Waals surface area (Å²) in [6.45, 7) is 4.92. The second-order valence-electron chi connectivity index (χ2n) is 9.67. The molecule has 0 aromatic rings. The molecule has 6 atom stereocenters. The summed E-state index contributed by atoms with van der Waals surface area (Å²) in [4.78, 5) is 0. The van der Waals surface area contributed by atoms with E-state index in [1.807, 2.05) is 0 Å². The van der Waals surface area contributed by atoms with Crippen LogP contribution < -0.4 is 0 Å². The summed E-state index contributed by atoms with van der Waals surface area (Å²) >= 11 is 0. The predicted molar refractivity (Wildman–Crippen MR) is 102 cm³/mol. The van der Waals surface area contributed by atoms with E-state index < -0.39 is 0 Å². The fraction of sp³-hybridized carbons (Fsp3) is 0.625. The van der Waals surface area contributed by atoms with Crippen LogP contribution in [0.3, 0.4) is 0 Å². The Morgan fingerprint density at radius 3 is 2.60 bits per heavy atom. The molecule has 0 bridgehead atoms. The summed E-state index contributed by atoms with van der Waals surface area (Å²) in [5.74, 6) is 3.75.